The van der Waals surface area contributed by atoms with Gasteiger partial charge in [0.15, 0.2) is 17.4 Å². The number of nitrogens with zero attached hydrogens (tertiary/aromatic N) is 8. The standard InChI is InChI=1S/C23H24N10O2/c1-13-10-18(30-28-13)25-21-20(34-5)19(16-11-24-32(3)12-16)26-23(27-21)33(4)17-8-6-15(7-9-17)22-31-29-14(2)35-22/h6-12H,1-5H3,(H2,25,26,27,28,30). The van der Waals surface area contributed by atoms with E-state index in [1.54, 1.807) is 24.9 Å². The number of rotatable bonds is 7. The number of anilines is 4. The van der Waals surface area contributed by atoms with Gasteiger partial charge in [-0.2, -0.15) is 15.2 Å². The number of aromatic amines is 1. The number of H-pyrrole nitrogens is 1. The van der Waals surface area contributed by atoms with E-state index in [0.29, 0.717) is 40.8 Å². The van der Waals surface area contributed by atoms with Crippen LogP contribution in [0, 0.1) is 13.8 Å². The number of ether oxygens (including phenoxy) is 1. The average Bonchev–Trinajstić information content (AvgIpc) is 3.60. The first-order chi connectivity index (χ1) is 16.9. The van der Waals surface area contributed by atoms with Gasteiger partial charge < -0.3 is 19.4 Å². The van der Waals surface area contributed by atoms with Gasteiger partial charge in [0.1, 0.15) is 5.69 Å². The predicted octanol–water partition coefficient (Wildman–Crippen LogP) is 3.79. The van der Waals surface area contributed by atoms with Crippen LogP contribution in [0.4, 0.5) is 23.3 Å². The summed E-state index contributed by atoms with van der Waals surface area (Å²) in [5.41, 5.74) is 4.01. The highest BCUT2D eigenvalue weighted by atomic mass is 16.5. The Bertz CT molecular complexity index is 1470. The maximum absolute atomic E-state index is 5.72. The molecule has 5 aromatic rings. The molecule has 0 spiro atoms. The number of hydrogen-bond acceptors (Lipinski definition) is 10. The molecule has 0 bridgehead atoms. The minimum atomic E-state index is 0.459. The Kier molecular flexibility index (Phi) is 5.61. The van der Waals surface area contributed by atoms with Crippen molar-refractivity contribution in [1.29, 1.82) is 0 Å². The fourth-order valence-corrected chi connectivity index (χ4v) is 3.57. The van der Waals surface area contributed by atoms with E-state index in [-0.39, 0.29) is 0 Å². The topological polar surface area (TPSA) is 136 Å². The number of aryl methyl sites for hydroxylation is 3. The van der Waals surface area contributed by atoms with Crippen LogP contribution in [0.25, 0.3) is 22.7 Å². The lowest BCUT2D eigenvalue weighted by molar-refractivity contribution is 0.415. The Balaban J connectivity index is 1.56. The van der Waals surface area contributed by atoms with Crippen LogP contribution in [0.1, 0.15) is 11.6 Å². The quantitative estimate of drug-likeness (QED) is 0.360. The molecule has 0 unspecified atom stereocenters. The fraction of sp³-hybridized carbons (Fsp3) is 0.217. The summed E-state index contributed by atoms with van der Waals surface area (Å²) >= 11 is 0. The van der Waals surface area contributed by atoms with E-state index in [4.69, 9.17) is 19.1 Å². The third-order valence-corrected chi connectivity index (χ3v) is 5.32. The number of aromatic nitrogens is 8. The van der Waals surface area contributed by atoms with Crippen LogP contribution in [0.15, 0.2) is 47.1 Å². The van der Waals surface area contributed by atoms with Crippen LogP contribution in [0.2, 0.25) is 0 Å². The maximum atomic E-state index is 5.72. The first-order valence-electron chi connectivity index (χ1n) is 10.8. The molecule has 12 heteroatoms. The van der Waals surface area contributed by atoms with Crippen molar-refractivity contribution in [2.45, 2.75) is 13.8 Å². The highest BCUT2D eigenvalue weighted by Gasteiger charge is 2.21. The molecule has 0 saturated heterocycles. The summed E-state index contributed by atoms with van der Waals surface area (Å²) in [5, 5.41) is 22.7. The zero-order valence-electron chi connectivity index (χ0n) is 19.9. The summed E-state index contributed by atoms with van der Waals surface area (Å²) in [5.74, 6) is 3.02. The average molecular weight is 473 g/mol. The lowest BCUT2D eigenvalue weighted by Gasteiger charge is -2.21. The van der Waals surface area contributed by atoms with Crippen LogP contribution in [-0.4, -0.2) is 54.3 Å². The molecule has 0 aliphatic heterocycles. The summed E-state index contributed by atoms with van der Waals surface area (Å²) in [6.07, 6.45) is 3.61. The summed E-state index contributed by atoms with van der Waals surface area (Å²) in [4.78, 5) is 11.5. The van der Waals surface area contributed by atoms with E-state index in [9.17, 15) is 0 Å². The van der Waals surface area contributed by atoms with E-state index in [0.717, 1.165) is 22.5 Å². The van der Waals surface area contributed by atoms with Gasteiger partial charge in [-0.1, -0.05) is 0 Å². The number of hydrogen-bond donors (Lipinski definition) is 2. The van der Waals surface area contributed by atoms with Gasteiger partial charge in [-0.15, -0.1) is 10.2 Å². The van der Waals surface area contributed by atoms with Crippen molar-refractivity contribution in [3.8, 4) is 28.5 Å². The summed E-state index contributed by atoms with van der Waals surface area (Å²) in [7, 11) is 5.33. The van der Waals surface area contributed by atoms with Crippen molar-refractivity contribution in [2.75, 3.05) is 24.4 Å². The molecule has 0 radical (unpaired) electrons. The molecule has 0 saturated carbocycles. The molecule has 0 aliphatic carbocycles. The molecule has 4 aromatic heterocycles. The minimum absolute atomic E-state index is 0.459. The van der Waals surface area contributed by atoms with Crippen molar-refractivity contribution < 1.29 is 9.15 Å². The number of benzene rings is 1. The fourth-order valence-electron chi connectivity index (χ4n) is 3.57. The zero-order chi connectivity index (χ0) is 24.5. The highest BCUT2D eigenvalue weighted by Crippen LogP contribution is 2.37. The van der Waals surface area contributed by atoms with Gasteiger partial charge in [0, 0.05) is 55.8 Å². The van der Waals surface area contributed by atoms with E-state index in [2.05, 4.69) is 30.8 Å². The van der Waals surface area contributed by atoms with Crippen molar-refractivity contribution in [3.63, 3.8) is 0 Å². The lowest BCUT2D eigenvalue weighted by Crippen LogP contribution is -2.15. The third kappa shape index (κ3) is 4.40. The maximum Gasteiger partial charge on any atom is 0.247 e. The van der Waals surface area contributed by atoms with E-state index < -0.39 is 0 Å². The molecule has 2 N–H and O–H groups in total. The van der Waals surface area contributed by atoms with E-state index >= 15 is 0 Å². The van der Waals surface area contributed by atoms with Gasteiger partial charge in [0.25, 0.3) is 0 Å². The molecule has 0 amide bonds. The van der Waals surface area contributed by atoms with Crippen molar-refractivity contribution in [1.82, 2.24) is 40.1 Å². The summed E-state index contributed by atoms with van der Waals surface area (Å²) in [6.45, 7) is 3.68. The first kappa shape index (κ1) is 22.1. The van der Waals surface area contributed by atoms with Gasteiger partial charge in [0.2, 0.25) is 17.7 Å². The van der Waals surface area contributed by atoms with Gasteiger partial charge >= 0.3 is 0 Å². The van der Waals surface area contributed by atoms with Crippen LogP contribution in [-0.2, 0) is 7.05 Å². The smallest absolute Gasteiger partial charge is 0.247 e. The van der Waals surface area contributed by atoms with E-state index in [1.807, 2.05) is 62.4 Å². The minimum Gasteiger partial charge on any atom is -0.491 e. The zero-order valence-corrected chi connectivity index (χ0v) is 19.9. The second-order valence-corrected chi connectivity index (χ2v) is 7.95. The van der Waals surface area contributed by atoms with Crippen molar-refractivity contribution in [2.24, 2.45) is 7.05 Å². The molecule has 1 aromatic carbocycles. The molecule has 0 fully saturated rings. The molecule has 35 heavy (non-hydrogen) atoms. The van der Waals surface area contributed by atoms with Gasteiger partial charge in [-0.05, 0) is 31.2 Å². The van der Waals surface area contributed by atoms with Crippen LogP contribution in [0.5, 0.6) is 5.75 Å². The molecule has 178 valence electrons. The summed E-state index contributed by atoms with van der Waals surface area (Å²) in [6, 6.07) is 9.59. The molecule has 12 nitrogen and oxygen atoms in total. The van der Waals surface area contributed by atoms with Crippen LogP contribution in [0.3, 0.4) is 0 Å². The Labute approximate surface area is 201 Å². The van der Waals surface area contributed by atoms with Crippen LogP contribution < -0.4 is 15.0 Å². The Hall–Kier alpha value is -4.74. The van der Waals surface area contributed by atoms with Crippen LogP contribution >= 0.6 is 0 Å². The number of methoxy groups -OCH3 is 1. The normalized spacial score (nSPS) is 11.0. The molecular weight excluding hydrogens is 448 g/mol. The Morgan fingerprint density at radius 2 is 1.89 bits per heavy atom. The monoisotopic (exact) mass is 472 g/mol. The first-order valence-corrected chi connectivity index (χ1v) is 10.8. The van der Waals surface area contributed by atoms with Gasteiger partial charge in [-0.3, -0.25) is 9.78 Å². The Morgan fingerprint density at radius 3 is 2.49 bits per heavy atom. The predicted molar refractivity (Wildman–Crippen MR) is 130 cm³/mol. The molecule has 0 aliphatic rings. The molecule has 4 heterocycles. The van der Waals surface area contributed by atoms with Crippen molar-refractivity contribution >= 4 is 23.3 Å². The van der Waals surface area contributed by atoms with Gasteiger partial charge in [0.05, 0.1) is 13.3 Å². The largest absolute Gasteiger partial charge is 0.491 e. The Morgan fingerprint density at radius 1 is 1.09 bits per heavy atom. The third-order valence-electron chi connectivity index (χ3n) is 5.32. The molecule has 0 atom stereocenters. The molecule has 5 rings (SSSR count). The van der Waals surface area contributed by atoms with Gasteiger partial charge in [-0.25, -0.2) is 4.98 Å². The lowest BCUT2D eigenvalue weighted by atomic mass is 10.2. The second-order valence-electron chi connectivity index (χ2n) is 7.95. The van der Waals surface area contributed by atoms with E-state index in [1.165, 1.54) is 0 Å². The highest BCUT2D eigenvalue weighted by molar-refractivity contribution is 5.77. The molecular formula is C23H24N10O2. The second kappa shape index (κ2) is 8.89. The SMILES string of the molecule is COc1c(Nc2cc(C)[nH]n2)nc(N(C)c2ccc(-c3nnc(C)o3)cc2)nc1-c1cnn(C)c1. The van der Waals surface area contributed by atoms with Crippen molar-refractivity contribution in [3.05, 3.63) is 54.3 Å². The summed E-state index contributed by atoms with van der Waals surface area (Å²) < 4.78 is 13.0. The number of nitrogens with one attached hydrogen (secondary N) is 2.